The van der Waals surface area contributed by atoms with E-state index in [1.165, 1.54) is 5.56 Å². The molecule has 3 aromatic rings. The van der Waals surface area contributed by atoms with Gasteiger partial charge in [0, 0.05) is 15.8 Å². The third-order valence-electron chi connectivity index (χ3n) is 3.30. The fourth-order valence-corrected chi connectivity index (χ4v) is 2.44. The third kappa shape index (κ3) is 4.04. The summed E-state index contributed by atoms with van der Waals surface area (Å²) in [5, 5.41) is 14.4. The van der Waals surface area contributed by atoms with Crippen LogP contribution >= 0.6 is 15.9 Å². The topological polar surface area (TPSA) is 62.7 Å². The second-order valence-electron chi connectivity index (χ2n) is 5.24. The van der Waals surface area contributed by atoms with Crippen molar-refractivity contribution in [3.05, 3.63) is 64.3 Å². The van der Waals surface area contributed by atoms with Gasteiger partial charge in [-0.25, -0.2) is 0 Å². The number of aryl methyl sites for hydroxylation is 2. The monoisotopic (exact) mass is 369 g/mol. The molecule has 5 nitrogen and oxygen atoms in total. The van der Waals surface area contributed by atoms with Crippen LogP contribution in [0.25, 0.3) is 0 Å². The van der Waals surface area contributed by atoms with Crippen molar-refractivity contribution in [2.75, 3.05) is 10.6 Å². The number of hydrogen-bond donors (Lipinski definition) is 2. The summed E-state index contributed by atoms with van der Waals surface area (Å²) >= 11 is 3.42. The van der Waals surface area contributed by atoms with E-state index in [1.807, 2.05) is 43.3 Å². The number of hydrogen-bond acceptors (Lipinski definition) is 5. The van der Waals surface area contributed by atoms with Gasteiger partial charge in [0.1, 0.15) is 0 Å². The Labute approximate surface area is 143 Å². The van der Waals surface area contributed by atoms with E-state index in [0.717, 1.165) is 21.4 Å². The fourth-order valence-electron chi connectivity index (χ4n) is 2.17. The fraction of sp³-hybridized carbons (Fsp3) is 0.118. The van der Waals surface area contributed by atoms with E-state index < -0.39 is 0 Å². The predicted molar refractivity (Wildman–Crippen MR) is 96.5 cm³/mol. The lowest BCUT2D eigenvalue weighted by Crippen LogP contribution is -2.03. The van der Waals surface area contributed by atoms with Crippen molar-refractivity contribution in [1.82, 2.24) is 15.2 Å². The van der Waals surface area contributed by atoms with Gasteiger partial charge in [0.15, 0.2) is 5.82 Å². The minimum atomic E-state index is 0.457. The van der Waals surface area contributed by atoms with Crippen molar-refractivity contribution in [3.8, 4) is 0 Å². The van der Waals surface area contributed by atoms with Crippen LogP contribution in [0.15, 0.2) is 53.1 Å². The molecule has 0 unspecified atom stereocenters. The first-order chi connectivity index (χ1) is 11.1. The summed E-state index contributed by atoms with van der Waals surface area (Å²) in [6, 6.07) is 14.0. The van der Waals surface area contributed by atoms with Crippen LogP contribution in [-0.2, 0) is 0 Å². The van der Waals surface area contributed by atoms with Crippen molar-refractivity contribution in [2.24, 2.45) is 0 Å². The number of benzene rings is 2. The van der Waals surface area contributed by atoms with Gasteiger partial charge in [-0.1, -0.05) is 33.6 Å². The number of aromatic nitrogens is 3. The maximum Gasteiger partial charge on any atom is 0.249 e. The van der Waals surface area contributed by atoms with Crippen molar-refractivity contribution in [1.29, 1.82) is 0 Å². The molecule has 0 aliphatic carbocycles. The van der Waals surface area contributed by atoms with Crippen LogP contribution in [0.4, 0.5) is 23.1 Å². The van der Waals surface area contributed by atoms with Crippen LogP contribution in [0.1, 0.15) is 11.1 Å². The molecule has 0 radical (unpaired) electrons. The Bertz CT molecular complexity index is 817. The Morgan fingerprint density at radius 3 is 2.48 bits per heavy atom. The summed E-state index contributed by atoms with van der Waals surface area (Å²) in [5.41, 5.74) is 4.27. The SMILES string of the molecule is Cc1ccc(Nc2nncc(Nc3ccc(Br)cc3)n2)c(C)c1. The molecule has 0 amide bonds. The summed E-state index contributed by atoms with van der Waals surface area (Å²) in [6.07, 6.45) is 1.59. The second kappa shape index (κ2) is 6.75. The van der Waals surface area contributed by atoms with E-state index in [0.29, 0.717) is 11.8 Å². The predicted octanol–water partition coefficient (Wildman–Crippen LogP) is 4.74. The molecule has 0 aliphatic rings. The van der Waals surface area contributed by atoms with Crippen LogP contribution < -0.4 is 10.6 Å². The third-order valence-corrected chi connectivity index (χ3v) is 3.83. The molecular weight excluding hydrogens is 354 g/mol. The molecule has 0 spiro atoms. The van der Waals surface area contributed by atoms with Gasteiger partial charge in [-0.05, 0) is 49.7 Å². The Morgan fingerprint density at radius 2 is 1.74 bits per heavy atom. The van der Waals surface area contributed by atoms with Gasteiger partial charge in [-0.15, -0.1) is 5.10 Å². The number of halogens is 1. The lowest BCUT2D eigenvalue weighted by Gasteiger charge is -2.10. The van der Waals surface area contributed by atoms with Gasteiger partial charge >= 0.3 is 0 Å². The summed E-state index contributed by atoms with van der Waals surface area (Å²) in [5.74, 6) is 1.09. The zero-order valence-electron chi connectivity index (χ0n) is 12.8. The minimum absolute atomic E-state index is 0.457. The van der Waals surface area contributed by atoms with E-state index in [-0.39, 0.29) is 0 Å². The Morgan fingerprint density at radius 1 is 0.957 bits per heavy atom. The molecule has 116 valence electrons. The van der Waals surface area contributed by atoms with E-state index in [9.17, 15) is 0 Å². The number of rotatable bonds is 4. The highest BCUT2D eigenvalue weighted by atomic mass is 79.9. The van der Waals surface area contributed by atoms with E-state index in [2.05, 4.69) is 54.7 Å². The quantitative estimate of drug-likeness (QED) is 0.695. The maximum atomic E-state index is 4.44. The van der Waals surface area contributed by atoms with Crippen LogP contribution in [0.3, 0.4) is 0 Å². The molecule has 1 aromatic heterocycles. The van der Waals surface area contributed by atoms with Crippen molar-refractivity contribution in [3.63, 3.8) is 0 Å². The lowest BCUT2D eigenvalue weighted by molar-refractivity contribution is 0.981. The van der Waals surface area contributed by atoms with Crippen molar-refractivity contribution >= 4 is 39.1 Å². The van der Waals surface area contributed by atoms with E-state index in [4.69, 9.17) is 0 Å². The van der Waals surface area contributed by atoms with Gasteiger partial charge in [0.25, 0.3) is 0 Å². The van der Waals surface area contributed by atoms with Crippen LogP contribution in [0, 0.1) is 13.8 Å². The highest BCUT2D eigenvalue weighted by Crippen LogP contribution is 2.21. The normalized spacial score (nSPS) is 10.4. The molecule has 0 aliphatic heterocycles. The summed E-state index contributed by atoms with van der Waals surface area (Å²) in [6.45, 7) is 4.12. The molecule has 0 saturated heterocycles. The molecule has 0 saturated carbocycles. The Kier molecular flexibility index (Phi) is 4.52. The zero-order chi connectivity index (χ0) is 16.2. The average molecular weight is 370 g/mol. The Balaban J connectivity index is 1.78. The first-order valence-electron chi connectivity index (χ1n) is 7.17. The first kappa shape index (κ1) is 15.4. The molecule has 0 atom stereocenters. The summed E-state index contributed by atoms with van der Waals surface area (Å²) < 4.78 is 1.03. The van der Waals surface area contributed by atoms with Gasteiger partial charge in [0.05, 0.1) is 6.20 Å². The van der Waals surface area contributed by atoms with Crippen LogP contribution in [0.2, 0.25) is 0 Å². The highest BCUT2D eigenvalue weighted by molar-refractivity contribution is 9.10. The van der Waals surface area contributed by atoms with Crippen molar-refractivity contribution < 1.29 is 0 Å². The number of nitrogens with zero attached hydrogens (tertiary/aromatic N) is 3. The smallest absolute Gasteiger partial charge is 0.249 e. The largest absolute Gasteiger partial charge is 0.339 e. The van der Waals surface area contributed by atoms with Crippen LogP contribution in [0.5, 0.6) is 0 Å². The molecule has 3 rings (SSSR count). The molecular formula is C17H16BrN5. The van der Waals surface area contributed by atoms with Crippen molar-refractivity contribution in [2.45, 2.75) is 13.8 Å². The molecule has 2 aromatic carbocycles. The minimum Gasteiger partial charge on any atom is -0.339 e. The standard InChI is InChI=1S/C17H16BrN5/c1-11-3-8-15(12(2)9-11)21-17-22-16(10-19-23-17)20-14-6-4-13(18)5-7-14/h3-10H,1-2H3,(H2,20,21,22,23). The second-order valence-corrected chi connectivity index (χ2v) is 6.16. The van der Waals surface area contributed by atoms with E-state index >= 15 is 0 Å². The highest BCUT2D eigenvalue weighted by Gasteiger charge is 2.04. The number of anilines is 4. The maximum absolute atomic E-state index is 4.44. The molecule has 0 fully saturated rings. The lowest BCUT2D eigenvalue weighted by atomic mass is 10.1. The van der Waals surface area contributed by atoms with Crippen LogP contribution in [-0.4, -0.2) is 15.2 Å². The number of nitrogens with one attached hydrogen (secondary N) is 2. The molecule has 2 N–H and O–H groups in total. The zero-order valence-corrected chi connectivity index (χ0v) is 14.4. The first-order valence-corrected chi connectivity index (χ1v) is 7.96. The van der Waals surface area contributed by atoms with Gasteiger partial charge in [-0.3, -0.25) is 0 Å². The van der Waals surface area contributed by atoms with Gasteiger partial charge < -0.3 is 10.6 Å². The molecule has 6 heteroatoms. The molecule has 1 heterocycles. The van der Waals surface area contributed by atoms with E-state index in [1.54, 1.807) is 6.20 Å². The Hall–Kier alpha value is -2.47. The molecule has 23 heavy (non-hydrogen) atoms. The van der Waals surface area contributed by atoms with Gasteiger partial charge in [-0.2, -0.15) is 10.1 Å². The average Bonchev–Trinajstić information content (AvgIpc) is 2.53. The summed E-state index contributed by atoms with van der Waals surface area (Å²) in [7, 11) is 0. The van der Waals surface area contributed by atoms with Gasteiger partial charge in [0.2, 0.25) is 5.95 Å². The molecule has 0 bridgehead atoms. The summed E-state index contributed by atoms with van der Waals surface area (Å²) in [4.78, 5) is 4.44.